The van der Waals surface area contributed by atoms with Gasteiger partial charge in [0.25, 0.3) is 0 Å². The molecule has 1 aromatic heterocycles. The van der Waals surface area contributed by atoms with Gasteiger partial charge in [-0.1, -0.05) is 12.1 Å². The van der Waals surface area contributed by atoms with E-state index in [4.69, 9.17) is 4.42 Å². The van der Waals surface area contributed by atoms with Gasteiger partial charge < -0.3 is 9.73 Å². The van der Waals surface area contributed by atoms with Crippen molar-refractivity contribution >= 4 is 26.9 Å². The number of halogens is 1. The zero-order valence-corrected chi connectivity index (χ0v) is 9.23. The molecule has 0 unspecified atom stereocenters. The van der Waals surface area contributed by atoms with Crippen LogP contribution in [0.4, 0.5) is 0 Å². The van der Waals surface area contributed by atoms with E-state index >= 15 is 0 Å². The maximum Gasteiger partial charge on any atom is 0.148 e. The first-order valence-electron chi connectivity index (χ1n) is 4.76. The fraction of sp³-hybridized carbons (Fsp3) is 0.273. The minimum atomic E-state index is 0.929. The molecule has 1 aliphatic heterocycles. The molecule has 1 N–H and O–H groups in total. The summed E-state index contributed by atoms with van der Waals surface area (Å²) in [7, 11) is 0. The van der Waals surface area contributed by atoms with E-state index in [-0.39, 0.29) is 0 Å². The molecule has 0 radical (unpaired) electrons. The number of fused-ring (bicyclic) bond motifs is 3. The van der Waals surface area contributed by atoms with Crippen molar-refractivity contribution in [2.75, 3.05) is 6.54 Å². The van der Waals surface area contributed by atoms with Crippen molar-refractivity contribution in [1.29, 1.82) is 0 Å². The molecule has 1 aromatic carbocycles. The highest BCUT2D eigenvalue weighted by Gasteiger charge is 2.17. The Bertz CT molecular complexity index is 489. The van der Waals surface area contributed by atoms with Crippen molar-refractivity contribution in [2.24, 2.45) is 0 Å². The van der Waals surface area contributed by atoms with Gasteiger partial charge in [-0.2, -0.15) is 0 Å². The molecular formula is C11H10BrNO. The third-order valence-electron chi connectivity index (χ3n) is 2.68. The predicted octanol–water partition coefficient (Wildman–Crippen LogP) is 2.84. The molecule has 2 nitrogen and oxygen atoms in total. The molecule has 0 saturated carbocycles. The molecule has 14 heavy (non-hydrogen) atoms. The van der Waals surface area contributed by atoms with Crippen molar-refractivity contribution in [3.8, 4) is 0 Å². The molecule has 2 heterocycles. The van der Waals surface area contributed by atoms with Gasteiger partial charge >= 0.3 is 0 Å². The second kappa shape index (κ2) is 3.11. The summed E-state index contributed by atoms with van der Waals surface area (Å²) in [6.45, 7) is 1.95. The molecule has 72 valence electrons. The average Bonchev–Trinajstić information content (AvgIpc) is 2.59. The van der Waals surface area contributed by atoms with Gasteiger partial charge in [-0.05, 0) is 22.0 Å². The molecule has 3 rings (SSSR count). The van der Waals surface area contributed by atoms with Crippen molar-refractivity contribution < 1.29 is 4.42 Å². The largest absolute Gasteiger partial charge is 0.459 e. The van der Waals surface area contributed by atoms with Gasteiger partial charge in [-0.3, -0.25) is 0 Å². The monoisotopic (exact) mass is 251 g/mol. The molecule has 0 atom stereocenters. The van der Waals surface area contributed by atoms with Gasteiger partial charge in [0.1, 0.15) is 11.3 Å². The quantitative estimate of drug-likeness (QED) is 0.779. The van der Waals surface area contributed by atoms with Crippen LogP contribution in [0.1, 0.15) is 11.3 Å². The number of benzene rings is 1. The Morgan fingerprint density at radius 1 is 1.36 bits per heavy atom. The van der Waals surface area contributed by atoms with Crippen molar-refractivity contribution in [2.45, 2.75) is 13.0 Å². The molecule has 2 aromatic rings. The number of para-hydroxylation sites is 1. The first-order chi connectivity index (χ1) is 6.86. The van der Waals surface area contributed by atoms with E-state index in [2.05, 4.69) is 33.4 Å². The molecule has 0 bridgehead atoms. The Morgan fingerprint density at radius 3 is 3.21 bits per heavy atom. The summed E-state index contributed by atoms with van der Waals surface area (Å²) in [5.74, 6) is 1.14. The van der Waals surface area contributed by atoms with Gasteiger partial charge in [0.05, 0.1) is 4.47 Å². The fourth-order valence-electron chi connectivity index (χ4n) is 2.00. The maximum absolute atomic E-state index is 5.83. The number of hydrogen-bond acceptors (Lipinski definition) is 2. The van der Waals surface area contributed by atoms with Gasteiger partial charge in [0.2, 0.25) is 0 Å². The smallest absolute Gasteiger partial charge is 0.148 e. The lowest BCUT2D eigenvalue weighted by molar-refractivity contribution is 0.499. The van der Waals surface area contributed by atoms with Crippen LogP contribution >= 0.6 is 15.9 Å². The molecular weight excluding hydrogens is 242 g/mol. The lowest BCUT2D eigenvalue weighted by Crippen LogP contribution is -2.22. The third kappa shape index (κ3) is 1.12. The normalized spacial score (nSPS) is 15.8. The lowest BCUT2D eigenvalue weighted by atomic mass is 10.1. The molecule has 0 spiro atoms. The van der Waals surface area contributed by atoms with Crippen LogP contribution in [0.3, 0.4) is 0 Å². The van der Waals surface area contributed by atoms with Crippen molar-refractivity contribution in [3.63, 3.8) is 0 Å². The Balaban J connectivity index is 2.36. The third-order valence-corrected chi connectivity index (χ3v) is 3.31. The van der Waals surface area contributed by atoms with Crippen LogP contribution in [-0.2, 0) is 13.0 Å². The number of hydrogen-bond donors (Lipinski definition) is 1. The fourth-order valence-corrected chi connectivity index (χ4v) is 2.44. The summed E-state index contributed by atoms with van der Waals surface area (Å²) in [4.78, 5) is 0. The molecule has 0 fully saturated rings. The molecule has 1 aliphatic rings. The van der Waals surface area contributed by atoms with Crippen molar-refractivity contribution in [1.82, 2.24) is 5.32 Å². The lowest BCUT2D eigenvalue weighted by Gasteiger charge is -2.10. The molecule has 0 amide bonds. The van der Waals surface area contributed by atoms with Crippen LogP contribution < -0.4 is 5.32 Å². The first kappa shape index (κ1) is 8.50. The second-order valence-electron chi connectivity index (χ2n) is 3.55. The average molecular weight is 252 g/mol. The highest BCUT2D eigenvalue weighted by atomic mass is 79.9. The summed E-state index contributed by atoms with van der Waals surface area (Å²) in [6.07, 6.45) is 0.996. The first-order valence-corrected chi connectivity index (χ1v) is 5.55. The van der Waals surface area contributed by atoms with E-state index in [9.17, 15) is 0 Å². The summed E-state index contributed by atoms with van der Waals surface area (Å²) >= 11 is 3.51. The Morgan fingerprint density at radius 2 is 2.29 bits per heavy atom. The summed E-state index contributed by atoms with van der Waals surface area (Å²) in [6, 6.07) is 6.19. The van der Waals surface area contributed by atoms with Crippen LogP contribution in [0.5, 0.6) is 0 Å². The Kier molecular flexibility index (Phi) is 1.89. The van der Waals surface area contributed by atoms with Crippen LogP contribution in [0.2, 0.25) is 0 Å². The summed E-state index contributed by atoms with van der Waals surface area (Å²) in [5.41, 5.74) is 2.31. The van der Waals surface area contributed by atoms with E-state index in [1.54, 1.807) is 0 Å². The van der Waals surface area contributed by atoms with Crippen LogP contribution in [-0.4, -0.2) is 6.54 Å². The minimum absolute atomic E-state index is 0.929. The van der Waals surface area contributed by atoms with Gasteiger partial charge in [-0.25, -0.2) is 0 Å². The minimum Gasteiger partial charge on any atom is -0.459 e. The highest BCUT2D eigenvalue weighted by Crippen LogP contribution is 2.32. The van der Waals surface area contributed by atoms with E-state index in [1.165, 1.54) is 10.9 Å². The van der Waals surface area contributed by atoms with E-state index in [0.29, 0.717) is 0 Å². The maximum atomic E-state index is 5.83. The van der Waals surface area contributed by atoms with Gasteiger partial charge in [0, 0.05) is 30.5 Å². The number of rotatable bonds is 0. The van der Waals surface area contributed by atoms with E-state index < -0.39 is 0 Å². The zero-order valence-electron chi connectivity index (χ0n) is 7.64. The number of nitrogens with one attached hydrogen (secondary N) is 1. The standard InChI is InChI=1S/C11H10BrNO/c12-9-3-1-2-7-8-6-13-5-4-10(8)14-11(7)9/h1-3,13H,4-6H2. The number of furan rings is 1. The SMILES string of the molecule is Brc1cccc2c3c(oc12)CCNC3. The van der Waals surface area contributed by atoms with Crippen LogP contribution in [0.25, 0.3) is 11.0 Å². The van der Waals surface area contributed by atoms with Crippen LogP contribution in [0, 0.1) is 0 Å². The topological polar surface area (TPSA) is 25.2 Å². The van der Waals surface area contributed by atoms with Gasteiger partial charge in [0.15, 0.2) is 0 Å². The van der Waals surface area contributed by atoms with E-state index in [0.717, 1.165) is 35.3 Å². The zero-order chi connectivity index (χ0) is 9.54. The summed E-state index contributed by atoms with van der Waals surface area (Å²) < 4.78 is 6.88. The highest BCUT2D eigenvalue weighted by molar-refractivity contribution is 9.10. The molecule has 0 saturated heterocycles. The Hall–Kier alpha value is -0.800. The van der Waals surface area contributed by atoms with Crippen LogP contribution in [0.15, 0.2) is 27.1 Å². The summed E-state index contributed by atoms with van der Waals surface area (Å²) in [5, 5.41) is 4.60. The second-order valence-corrected chi connectivity index (χ2v) is 4.40. The molecule has 3 heteroatoms. The predicted molar refractivity (Wildman–Crippen MR) is 59.3 cm³/mol. The van der Waals surface area contributed by atoms with Crippen molar-refractivity contribution in [3.05, 3.63) is 34.0 Å². The Labute approximate surface area is 90.4 Å². The van der Waals surface area contributed by atoms with Gasteiger partial charge in [-0.15, -0.1) is 0 Å². The molecule has 0 aliphatic carbocycles. The van der Waals surface area contributed by atoms with E-state index in [1.807, 2.05) is 6.07 Å².